The molecule has 1 aromatic heterocycles. The van der Waals surface area contributed by atoms with Crippen LogP contribution >= 0.6 is 0 Å². The van der Waals surface area contributed by atoms with Crippen LogP contribution in [-0.2, 0) is 7.05 Å². The van der Waals surface area contributed by atoms with Crippen LogP contribution in [0.3, 0.4) is 0 Å². The fourth-order valence-electron chi connectivity index (χ4n) is 2.96. The van der Waals surface area contributed by atoms with Crippen LogP contribution in [0.4, 0.5) is 0 Å². The van der Waals surface area contributed by atoms with Gasteiger partial charge in [0, 0.05) is 29.7 Å². The van der Waals surface area contributed by atoms with Gasteiger partial charge in [-0.25, -0.2) is 0 Å². The van der Waals surface area contributed by atoms with Gasteiger partial charge in [0.15, 0.2) is 0 Å². The summed E-state index contributed by atoms with van der Waals surface area (Å²) >= 11 is 0. The van der Waals surface area contributed by atoms with Crippen LogP contribution in [0.1, 0.15) is 35.7 Å². The summed E-state index contributed by atoms with van der Waals surface area (Å²) < 4.78 is 2.29. The van der Waals surface area contributed by atoms with E-state index in [-0.39, 0.29) is 0 Å². The molecule has 1 aliphatic heterocycles. The van der Waals surface area contributed by atoms with E-state index in [1.165, 1.54) is 40.6 Å². The highest BCUT2D eigenvalue weighted by molar-refractivity contribution is 5.86. The average molecular weight is 228 g/mol. The Kier molecular flexibility index (Phi) is 2.48. The Morgan fingerprint density at radius 2 is 2.12 bits per heavy atom. The Morgan fingerprint density at radius 3 is 2.82 bits per heavy atom. The molecular formula is C15H20N2. The first-order valence-electron chi connectivity index (χ1n) is 6.47. The fraction of sp³-hybridized carbons (Fsp3) is 0.467. The molecule has 0 spiro atoms. The van der Waals surface area contributed by atoms with Crippen LogP contribution in [-0.4, -0.2) is 11.1 Å². The molecule has 0 bridgehead atoms. The molecule has 1 aromatic carbocycles. The van der Waals surface area contributed by atoms with E-state index in [1.54, 1.807) is 0 Å². The van der Waals surface area contributed by atoms with Crippen LogP contribution in [0.25, 0.3) is 10.9 Å². The molecule has 1 saturated heterocycles. The number of aryl methyl sites for hydroxylation is 2. The van der Waals surface area contributed by atoms with Gasteiger partial charge in [0.2, 0.25) is 0 Å². The zero-order valence-corrected chi connectivity index (χ0v) is 10.9. The van der Waals surface area contributed by atoms with E-state index in [2.05, 4.69) is 49.0 Å². The molecule has 2 heteroatoms. The number of nitrogens with zero attached hydrogens (tertiary/aromatic N) is 1. The molecule has 0 amide bonds. The van der Waals surface area contributed by atoms with Gasteiger partial charge >= 0.3 is 0 Å². The molecule has 1 fully saturated rings. The molecule has 0 radical (unpaired) electrons. The minimum absolute atomic E-state index is 0.569. The van der Waals surface area contributed by atoms with E-state index >= 15 is 0 Å². The van der Waals surface area contributed by atoms with E-state index in [4.69, 9.17) is 0 Å². The Bertz CT molecular complexity index is 560. The van der Waals surface area contributed by atoms with Crippen molar-refractivity contribution in [3.8, 4) is 0 Å². The molecule has 3 rings (SSSR count). The van der Waals surface area contributed by atoms with Crippen molar-refractivity contribution in [2.24, 2.45) is 7.05 Å². The lowest BCUT2D eigenvalue weighted by Gasteiger charge is -2.10. The summed E-state index contributed by atoms with van der Waals surface area (Å²) in [6.07, 6.45) is 2.58. The highest BCUT2D eigenvalue weighted by Gasteiger charge is 2.17. The van der Waals surface area contributed by atoms with Gasteiger partial charge in [0.25, 0.3) is 0 Å². The van der Waals surface area contributed by atoms with Gasteiger partial charge in [-0.3, -0.25) is 0 Å². The lowest BCUT2D eigenvalue weighted by molar-refractivity contribution is 0.648. The molecule has 0 saturated carbocycles. The topological polar surface area (TPSA) is 17.0 Å². The summed E-state index contributed by atoms with van der Waals surface area (Å²) in [6.45, 7) is 5.59. The molecule has 1 unspecified atom stereocenters. The quantitative estimate of drug-likeness (QED) is 0.793. The van der Waals surface area contributed by atoms with Crippen LogP contribution in [0.15, 0.2) is 18.2 Å². The van der Waals surface area contributed by atoms with Gasteiger partial charge in [0.1, 0.15) is 0 Å². The Balaban J connectivity index is 2.15. The van der Waals surface area contributed by atoms with Gasteiger partial charge in [-0.05, 0) is 56.5 Å². The number of rotatable bonds is 1. The summed E-state index contributed by atoms with van der Waals surface area (Å²) in [5, 5.41) is 4.98. The van der Waals surface area contributed by atoms with Crippen molar-refractivity contribution in [3.63, 3.8) is 0 Å². The third-order valence-corrected chi connectivity index (χ3v) is 4.29. The smallest absolute Gasteiger partial charge is 0.0482 e. The van der Waals surface area contributed by atoms with Crippen molar-refractivity contribution in [2.45, 2.75) is 32.7 Å². The van der Waals surface area contributed by atoms with Gasteiger partial charge < -0.3 is 9.88 Å². The van der Waals surface area contributed by atoms with Crippen molar-refractivity contribution in [3.05, 3.63) is 35.0 Å². The van der Waals surface area contributed by atoms with Crippen LogP contribution in [0.5, 0.6) is 0 Å². The summed E-state index contributed by atoms with van der Waals surface area (Å²) in [5.74, 6) is 0. The second-order valence-electron chi connectivity index (χ2n) is 5.19. The Labute approximate surface area is 103 Å². The Morgan fingerprint density at radius 1 is 1.29 bits per heavy atom. The minimum Gasteiger partial charge on any atom is -0.348 e. The van der Waals surface area contributed by atoms with Crippen molar-refractivity contribution in [1.82, 2.24) is 9.88 Å². The number of aromatic nitrogens is 1. The second kappa shape index (κ2) is 3.88. The van der Waals surface area contributed by atoms with E-state index < -0.39 is 0 Å². The maximum Gasteiger partial charge on any atom is 0.0482 e. The monoisotopic (exact) mass is 228 g/mol. The maximum absolute atomic E-state index is 3.57. The molecule has 1 atom stereocenters. The van der Waals surface area contributed by atoms with Crippen LogP contribution < -0.4 is 5.32 Å². The van der Waals surface area contributed by atoms with Crippen molar-refractivity contribution < 1.29 is 0 Å². The van der Waals surface area contributed by atoms with E-state index in [9.17, 15) is 0 Å². The third kappa shape index (κ3) is 1.59. The normalized spacial score (nSPS) is 20.3. The molecular weight excluding hydrogens is 208 g/mol. The third-order valence-electron chi connectivity index (χ3n) is 4.29. The molecule has 17 heavy (non-hydrogen) atoms. The van der Waals surface area contributed by atoms with Gasteiger partial charge in [0.05, 0.1) is 0 Å². The van der Waals surface area contributed by atoms with E-state index in [0.717, 1.165) is 6.54 Å². The SMILES string of the molecule is Cc1c(C)n(C)c2ccc(C3CCCN3)cc12. The van der Waals surface area contributed by atoms with Gasteiger partial charge in [-0.1, -0.05) is 6.07 Å². The number of nitrogens with one attached hydrogen (secondary N) is 1. The summed E-state index contributed by atoms with van der Waals surface area (Å²) in [6, 6.07) is 7.49. The first-order chi connectivity index (χ1) is 8.18. The van der Waals surface area contributed by atoms with Crippen molar-refractivity contribution in [1.29, 1.82) is 0 Å². The summed E-state index contributed by atoms with van der Waals surface area (Å²) in [4.78, 5) is 0. The molecule has 90 valence electrons. The van der Waals surface area contributed by atoms with Gasteiger partial charge in [-0.15, -0.1) is 0 Å². The van der Waals surface area contributed by atoms with E-state index in [0.29, 0.717) is 6.04 Å². The maximum atomic E-state index is 3.57. The summed E-state index contributed by atoms with van der Waals surface area (Å²) in [7, 11) is 2.15. The zero-order chi connectivity index (χ0) is 12.0. The second-order valence-corrected chi connectivity index (χ2v) is 5.19. The highest BCUT2D eigenvalue weighted by Crippen LogP contribution is 2.29. The molecule has 2 aromatic rings. The average Bonchev–Trinajstić information content (AvgIpc) is 2.94. The predicted octanol–water partition coefficient (Wildman–Crippen LogP) is 3.22. The zero-order valence-electron chi connectivity index (χ0n) is 10.9. The largest absolute Gasteiger partial charge is 0.348 e. The number of hydrogen-bond donors (Lipinski definition) is 1. The highest BCUT2D eigenvalue weighted by atomic mass is 14.9. The molecule has 2 nitrogen and oxygen atoms in total. The van der Waals surface area contributed by atoms with Crippen molar-refractivity contribution in [2.75, 3.05) is 6.54 Å². The first kappa shape index (κ1) is 10.8. The van der Waals surface area contributed by atoms with Crippen LogP contribution in [0, 0.1) is 13.8 Å². The standard InChI is InChI=1S/C15H20N2/c1-10-11(2)17(3)15-7-6-12(9-13(10)15)14-5-4-8-16-14/h6-7,9,14,16H,4-5,8H2,1-3H3. The fourth-order valence-corrected chi connectivity index (χ4v) is 2.96. The molecule has 1 aliphatic rings. The first-order valence-corrected chi connectivity index (χ1v) is 6.47. The minimum atomic E-state index is 0.569. The molecule has 0 aliphatic carbocycles. The molecule has 1 N–H and O–H groups in total. The number of benzene rings is 1. The van der Waals surface area contributed by atoms with Gasteiger partial charge in [-0.2, -0.15) is 0 Å². The number of fused-ring (bicyclic) bond motifs is 1. The lowest BCUT2D eigenvalue weighted by Crippen LogP contribution is -2.12. The van der Waals surface area contributed by atoms with E-state index in [1.807, 2.05) is 0 Å². The summed E-state index contributed by atoms with van der Waals surface area (Å²) in [5.41, 5.74) is 5.59. The number of hydrogen-bond acceptors (Lipinski definition) is 1. The Hall–Kier alpha value is -1.28. The molecule has 2 heterocycles. The van der Waals surface area contributed by atoms with Crippen molar-refractivity contribution >= 4 is 10.9 Å². The lowest BCUT2D eigenvalue weighted by atomic mass is 10.0. The predicted molar refractivity (Wildman–Crippen MR) is 72.4 cm³/mol. The van der Waals surface area contributed by atoms with Crippen LogP contribution in [0.2, 0.25) is 0 Å².